The molecule has 1 aliphatic rings. The lowest BCUT2D eigenvalue weighted by Crippen LogP contribution is -2.46. The molecule has 0 radical (unpaired) electrons. The zero-order valence-corrected chi connectivity index (χ0v) is 15.1. The van der Waals surface area contributed by atoms with Crippen molar-refractivity contribution < 1.29 is 4.79 Å². The van der Waals surface area contributed by atoms with E-state index in [4.69, 9.17) is 11.6 Å². The minimum absolute atomic E-state index is 0.0302. The lowest BCUT2D eigenvalue weighted by Gasteiger charge is -2.17. The molecule has 1 fully saturated rings. The van der Waals surface area contributed by atoms with E-state index >= 15 is 0 Å². The molecule has 1 aliphatic heterocycles. The fourth-order valence-electron chi connectivity index (χ4n) is 3.13. The van der Waals surface area contributed by atoms with Crippen LogP contribution in [0.4, 0.5) is 0 Å². The standard InChI is InChI=1S/C20H24ClN3O/c1-14(11-12-15-7-3-2-4-8-15)22-20(25)19-13-18(23-24-19)16-9-5-6-10-17(16)21/h2-10,14,18-19,23-24H,11-13H2,1H3,(H,22,25). The highest BCUT2D eigenvalue weighted by Crippen LogP contribution is 2.28. The van der Waals surface area contributed by atoms with Crippen LogP contribution in [0.1, 0.15) is 36.9 Å². The number of carbonyl (C=O) groups is 1. The number of nitrogens with one attached hydrogen (secondary N) is 3. The van der Waals surface area contributed by atoms with E-state index in [1.54, 1.807) is 0 Å². The van der Waals surface area contributed by atoms with Gasteiger partial charge in [0.25, 0.3) is 0 Å². The van der Waals surface area contributed by atoms with Crippen LogP contribution in [-0.4, -0.2) is 18.0 Å². The number of halogens is 1. The van der Waals surface area contributed by atoms with Gasteiger partial charge in [0, 0.05) is 17.1 Å². The minimum atomic E-state index is -0.250. The Bertz CT molecular complexity index is 707. The molecule has 1 heterocycles. The van der Waals surface area contributed by atoms with Crippen LogP contribution in [0.5, 0.6) is 0 Å². The highest BCUT2D eigenvalue weighted by molar-refractivity contribution is 6.31. The maximum atomic E-state index is 12.5. The molecular weight excluding hydrogens is 334 g/mol. The van der Waals surface area contributed by atoms with Crippen LogP contribution in [0.15, 0.2) is 54.6 Å². The number of hydrogen-bond donors (Lipinski definition) is 3. The molecule has 132 valence electrons. The molecule has 0 bridgehead atoms. The van der Waals surface area contributed by atoms with E-state index in [2.05, 4.69) is 35.2 Å². The van der Waals surface area contributed by atoms with E-state index in [1.165, 1.54) is 5.56 Å². The van der Waals surface area contributed by atoms with Crippen molar-refractivity contribution in [2.24, 2.45) is 0 Å². The number of hydrazine groups is 1. The van der Waals surface area contributed by atoms with E-state index in [9.17, 15) is 4.79 Å². The van der Waals surface area contributed by atoms with Crippen molar-refractivity contribution in [3.8, 4) is 0 Å². The van der Waals surface area contributed by atoms with Crippen LogP contribution < -0.4 is 16.2 Å². The topological polar surface area (TPSA) is 53.2 Å². The van der Waals surface area contributed by atoms with Crippen molar-refractivity contribution >= 4 is 17.5 Å². The molecule has 4 nitrogen and oxygen atoms in total. The van der Waals surface area contributed by atoms with Crippen molar-refractivity contribution in [2.75, 3.05) is 0 Å². The summed E-state index contributed by atoms with van der Waals surface area (Å²) >= 11 is 6.25. The molecule has 3 rings (SSSR count). The van der Waals surface area contributed by atoms with Crippen molar-refractivity contribution in [1.82, 2.24) is 16.2 Å². The molecule has 3 atom stereocenters. The van der Waals surface area contributed by atoms with E-state index in [0.717, 1.165) is 23.4 Å². The van der Waals surface area contributed by atoms with Crippen molar-refractivity contribution in [1.29, 1.82) is 0 Å². The fraction of sp³-hybridized carbons (Fsp3) is 0.350. The largest absolute Gasteiger partial charge is 0.352 e. The Balaban J connectivity index is 1.48. The van der Waals surface area contributed by atoms with Gasteiger partial charge in [-0.15, -0.1) is 0 Å². The minimum Gasteiger partial charge on any atom is -0.352 e. The van der Waals surface area contributed by atoms with Gasteiger partial charge < -0.3 is 5.32 Å². The number of benzene rings is 2. The Kier molecular flexibility index (Phi) is 6.08. The van der Waals surface area contributed by atoms with E-state index in [0.29, 0.717) is 6.42 Å². The number of rotatable bonds is 6. The predicted octanol–water partition coefficient (Wildman–Crippen LogP) is 3.39. The Morgan fingerprint density at radius 2 is 1.88 bits per heavy atom. The summed E-state index contributed by atoms with van der Waals surface area (Å²) in [5.41, 5.74) is 8.58. The van der Waals surface area contributed by atoms with Crippen LogP contribution in [-0.2, 0) is 11.2 Å². The number of hydrogen-bond acceptors (Lipinski definition) is 3. The number of amides is 1. The Labute approximate surface area is 153 Å². The Hall–Kier alpha value is -1.88. The second-order valence-electron chi connectivity index (χ2n) is 6.58. The molecule has 3 unspecified atom stereocenters. The van der Waals surface area contributed by atoms with Crippen LogP contribution in [0.3, 0.4) is 0 Å². The van der Waals surface area contributed by atoms with Crippen LogP contribution >= 0.6 is 11.6 Å². The van der Waals surface area contributed by atoms with Crippen molar-refractivity contribution in [3.05, 3.63) is 70.7 Å². The average Bonchev–Trinajstić information content (AvgIpc) is 3.11. The third-order valence-electron chi connectivity index (χ3n) is 4.60. The summed E-state index contributed by atoms with van der Waals surface area (Å²) in [5.74, 6) is 0.0302. The lowest BCUT2D eigenvalue weighted by atomic mass is 10.0. The van der Waals surface area contributed by atoms with Crippen LogP contribution in [0.25, 0.3) is 0 Å². The molecule has 1 amide bonds. The van der Waals surface area contributed by atoms with Gasteiger partial charge in [0.1, 0.15) is 6.04 Å². The summed E-state index contributed by atoms with van der Waals surface area (Å²) in [6.07, 6.45) is 2.56. The average molecular weight is 358 g/mol. The van der Waals surface area contributed by atoms with E-state index in [-0.39, 0.29) is 24.0 Å². The monoisotopic (exact) mass is 357 g/mol. The first-order valence-electron chi connectivity index (χ1n) is 8.73. The molecule has 3 N–H and O–H groups in total. The number of aryl methyl sites for hydroxylation is 1. The Morgan fingerprint density at radius 3 is 2.64 bits per heavy atom. The molecule has 0 aliphatic carbocycles. The molecule has 2 aromatic rings. The fourth-order valence-corrected chi connectivity index (χ4v) is 3.40. The highest BCUT2D eigenvalue weighted by Gasteiger charge is 2.31. The van der Waals surface area contributed by atoms with E-state index < -0.39 is 0 Å². The van der Waals surface area contributed by atoms with Crippen molar-refractivity contribution in [3.63, 3.8) is 0 Å². The van der Waals surface area contributed by atoms with Gasteiger partial charge in [-0.3, -0.25) is 4.79 Å². The first-order chi connectivity index (χ1) is 12.1. The first kappa shape index (κ1) is 17.9. The second-order valence-corrected chi connectivity index (χ2v) is 6.99. The summed E-state index contributed by atoms with van der Waals surface area (Å²) in [6.45, 7) is 2.05. The molecule has 0 spiro atoms. The summed E-state index contributed by atoms with van der Waals surface area (Å²) in [7, 11) is 0. The van der Waals surface area contributed by atoms with Gasteiger partial charge >= 0.3 is 0 Å². The van der Waals surface area contributed by atoms with Gasteiger partial charge in [-0.05, 0) is 43.4 Å². The quantitative estimate of drug-likeness (QED) is 0.742. The molecule has 1 saturated heterocycles. The Morgan fingerprint density at radius 1 is 1.16 bits per heavy atom. The predicted molar refractivity (Wildman–Crippen MR) is 101 cm³/mol. The molecule has 0 aromatic heterocycles. The third-order valence-corrected chi connectivity index (χ3v) is 4.94. The second kappa shape index (κ2) is 8.48. The summed E-state index contributed by atoms with van der Waals surface area (Å²) < 4.78 is 0. The summed E-state index contributed by atoms with van der Waals surface area (Å²) in [4.78, 5) is 12.5. The van der Waals surface area contributed by atoms with Gasteiger partial charge in [0.05, 0.1) is 0 Å². The van der Waals surface area contributed by atoms with Gasteiger partial charge in [0.2, 0.25) is 5.91 Å². The lowest BCUT2D eigenvalue weighted by molar-refractivity contribution is -0.123. The van der Waals surface area contributed by atoms with Crippen molar-refractivity contribution in [2.45, 2.75) is 44.3 Å². The van der Waals surface area contributed by atoms with Gasteiger partial charge in [-0.1, -0.05) is 60.1 Å². The smallest absolute Gasteiger partial charge is 0.238 e. The SMILES string of the molecule is CC(CCc1ccccc1)NC(=O)C1CC(c2ccccc2Cl)NN1. The summed E-state index contributed by atoms with van der Waals surface area (Å²) in [5, 5.41) is 3.83. The van der Waals surface area contributed by atoms with Gasteiger partial charge in [-0.25, -0.2) is 10.9 Å². The molecule has 2 aromatic carbocycles. The maximum Gasteiger partial charge on any atom is 0.238 e. The molecule has 0 saturated carbocycles. The highest BCUT2D eigenvalue weighted by atomic mass is 35.5. The van der Waals surface area contributed by atoms with Crippen LogP contribution in [0.2, 0.25) is 5.02 Å². The molecule has 5 heteroatoms. The molecular formula is C20H24ClN3O. The first-order valence-corrected chi connectivity index (χ1v) is 9.11. The van der Waals surface area contributed by atoms with Crippen LogP contribution in [0, 0.1) is 0 Å². The zero-order chi connectivity index (χ0) is 17.6. The zero-order valence-electron chi connectivity index (χ0n) is 14.3. The number of carbonyl (C=O) groups excluding carboxylic acids is 1. The molecule has 25 heavy (non-hydrogen) atoms. The van der Waals surface area contributed by atoms with Gasteiger partial charge in [-0.2, -0.15) is 0 Å². The van der Waals surface area contributed by atoms with Gasteiger partial charge in [0.15, 0.2) is 0 Å². The van der Waals surface area contributed by atoms with E-state index in [1.807, 2.05) is 42.5 Å². The summed E-state index contributed by atoms with van der Waals surface area (Å²) in [6, 6.07) is 18.0. The third kappa shape index (κ3) is 4.82. The maximum absolute atomic E-state index is 12.5. The normalized spacial score (nSPS) is 21.0.